The van der Waals surface area contributed by atoms with Crippen LogP contribution in [0.5, 0.6) is 0 Å². The Labute approximate surface area is 149 Å². The number of nitrogens with zero attached hydrogens (tertiary/aromatic N) is 4. The summed E-state index contributed by atoms with van der Waals surface area (Å²) in [4.78, 5) is 23.4. The van der Waals surface area contributed by atoms with E-state index in [1.807, 2.05) is 24.5 Å². The Morgan fingerprint density at radius 2 is 2.00 bits per heavy atom. The lowest BCUT2D eigenvalue weighted by Crippen LogP contribution is -2.53. The number of pyridine rings is 1. The standard InChI is InChI=1S/C20H26N4O/c1-15-10-22-19(18-8-5-9-21-11-18)24(15)14-16-12-23(13-16)20(25)17-6-3-2-4-7-17/h5,8-11,16-17H,2-4,6-7,12-14H2,1H3. The van der Waals surface area contributed by atoms with Gasteiger partial charge in [0.25, 0.3) is 0 Å². The molecule has 0 atom stereocenters. The van der Waals surface area contributed by atoms with Crippen LogP contribution in [-0.2, 0) is 11.3 Å². The second-order valence-corrected chi connectivity index (χ2v) is 7.52. The van der Waals surface area contributed by atoms with Gasteiger partial charge in [-0.25, -0.2) is 4.98 Å². The average molecular weight is 338 g/mol. The van der Waals surface area contributed by atoms with Gasteiger partial charge in [-0.3, -0.25) is 9.78 Å². The van der Waals surface area contributed by atoms with E-state index in [1.165, 1.54) is 19.3 Å². The van der Waals surface area contributed by atoms with Crippen molar-refractivity contribution in [2.75, 3.05) is 13.1 Å². The van der Waals surface area contributed by atoms with E-state index in [0.717, 1.165) is 49.6 Å². The van der Waals surface area contributed by atoms with Crippen LogP contribution in [-0.4, -0.2) is 38.4 Å². The number of amides is 1. The van der Waals surface area contributed by atoms with Gasteiger partial charge in [-0.2, -0.15) is 0 Å². The van der Waals surface area contributed by atoms with Crippen molar-refractivity contribution in [2.45, 2.75) is 45.6 Å². The number of aromatic nitrogens is 3. The first-order chi connectivity index (χ1) is 12.2. The van der Waals surface area contributed by atoms with Gasteiger partial charge in [0.15, 0.2) is 0 Å². The minimum atomic E-state index is 0.288. The summed E-state index contributed by atoms with van der Waals surface area (Å²) in [5.74, 6) is 2.18. The molecule has 0 bridgehead atoms. The molecule has 0 radical (unpaired) electrons. The number of aryl methyl sites for hydroxylation is 1. The van der Waals surface area contributed by atoms with Crippen LogP contribution in [0.15, 0.2) is 30.7 Å². The van der Waals surface area contributed by atoms with Gasteiger partial charge in [-0.1, -0.05) is 19.3 Å². The Morgan fingerprint density at radius 1 is 1.20 bits per heavy atom. The number of likely N-dealkylation sites (tertiary alicyclic amines) is 1. The molecule has 132 valence electrons. The number of imidazole rings is 1. The smallest absolute Gasteiger partial charge is 0.225 e. The molecule has 2 aliphatic rings. The maximum absolute atomic E-state index is 12.6. The molecule has 1 amide bonds. The number of hydrogen-bond acceptors (Lipinski definition) is 3. The molecule has 0 unspecified atom stereocenters. The van der Waals surface area contributed by atoms with Crippen molar-refractivity contribution >= 4 is 5.91 Å². The topological polar surface area (TPSA) is 51.0 Å². The van der Waals surface area contributed by atoms with Gasteiger partial charge in [0.05, 0.1) is 0 Å². The van der Waals surface area contributed by atoms with Gasteiger partial charge >= 0.3 is 0 Å². The lowest BCUT2D eigenvalue weighted by atomic mass is 9.86. The Morgan fingerprint density at radius 3 is 2.72 bits per heavy atom. The normalized spacial score (nSPS) is 19.0. The highest BCUT2D eigenvalue weighted by molar-refractivity contribution is 5.79. The Balaban J connectivity index is 1.38. The third-order valence-electron chi connectivity index (χ3n) is 5.64. The Kier molecular flexibility index (Phi) is 4.55. The molecule has 0 spiro atoms. The highest BCUT2D eigenvalue weighted by atomic mass is 16.2. The second kappa shape index (κ2) is 6.98. The summed E-state index contributed by atoms with van der Waals surface area (Å²) in [7, 11) is 0. The molecule has 5 nitrogen and oxygen atoms in total. The van der Waals surface area contributed by atoms with Gasteiger partial charge in [-0.15, -0.1) is 0 Å². The first-order valence-corrected chi connectivity index (χ1v) is 9.43. The molecule has 1 saturated carbocycles. The van der Waals surface area contributed by atoms with Gasteiger partial charge < -0.3 is 9.47 Å². The van der Waals surface area contributed by atoms with E-state index in [1.54, 1.807) is 6.20 Å². The van der Waals surface area contributed by atoms with Crippen molar-refractivity contribution in [1.82, 2.24) is 19.4 Å². The molecule has 2 aromatic rings. The van der Waals surface area contributed by atoms with Crippen LogP contribution in [0.3, 0.4) is 0 Å². The molecule has 0 aromatic carbocycles. The summed E-state index contributed by atoms with van der Waals surface area (Å²) < 4.78 is 2.27. The Bertz CT molecular complexity index is 727. The van der Waals surface area contributed by atoms with E-state index in [-0.39, 0.29) is 5.92 Å². The number of hydrogen-bond donors (Lipinski definition) is 0. The molecule has 2 fully saturated rings. The highest BCUT2D eigenvalue weighted by Crippen LogP contribution is 2.29. The van der Waals surface area contributed by atoms with E-state index in [0.29, 0.717) is 11.8 Å². The van der Waals surface area contributed by atoms with Crippen molar-refractivity contribution in [3.05, 3.63) is 36.4 Å². The quantitative estimate of drug-likeness (QED) is 0.859. The van der Waals surface area contributed by atoms with Crippen LogP contribution < -0.4 is 0 Å². The number of carbonyl (C=O) groups is 1. The third kappa shape index (κ3) is 3.32. The molecular weight excluding hydrogens is 312 g/mol. The first kappa shape index (κ1) is 16.3. The molecule has 25 heavy (non-hydrogen) atoms. The molecule has 1 aliphatic heterocycles. The van der Waals surface area contributed by atoms with E-state index < -0.39 is 0 Å². The maximum atomic E-state index is 12.6. The molecule has 1 aliphatic carbocycles. The van der Waals surface area contributed by atoms with Crippen molar-refractivity contribution < 1.29 is 4.79 Å². The summed E-state index contributed by atoms with van der Waals surface area (Å²) in [5.41, 5.74) is 2.21. The molecule has 1 saturated heterocycles. The van der Waals surface area contributed by atoms with Crippen LogP contribution in [0.25, 0.3) is 11.4 Å². The van der Waals surface area contributed by atoms with Gasteiger partial charge in [0.2, 0.25) is 5.91 Å². The lowest BCUT2D eigenvalue weighted by molar-refractivity contribution is -0.143. The minimum Gasteiger partial charge on any atom is -0.342 e. The predicted molar refractivity (Wildman–Crippen MR) is 96.8 cm³/mol. The fraction of sp³-hybridized carbons (Fsp3) is 0.550. The molecular formula is C20H26N4O. The van der Waals surface area contributed by atoms with E-state index in [4.69, 9.17) is 0 Å². The zero-order chi connectivity index (χ0) is 17.2. The summed E-state index contributed by atoms with van der Waals surface area (Å²) in [5, 5.41) is 0. The second-order valence-electron chi connectivity index (χ2n) is 7.52. The first-order valence-electron chi connectivity index (χ1n) is 9.43. The Hall–Kier alpha value is -2.17. The fourth-order valence-corrected chi connectivity index (χ4v) is 4.15. The SMILES string of the molecule is Cc1cnc(-c2cccnc2)n1CC1CN(C(=O)C2CCCCC2)C1. The van der Waals surface area contributed by atoms with Crippen molar-refractivity contribution in [3.63, 3.8) is 0 Å². The zero-order valence-electron chi connectivity index (χ0n) is 14.9. The molecule has 0 N–H and O–H groups in total. The van der Waals surface area contributed by atoms with Crippen LogP contribution in [0.4, 0.5) is 0 Å². The van der Waals surface area contributed by atoms with Crippen molar-refractivity contribution in [2.24, 2.45) is 11.8 Å². The predicted octanol–water partition coefficient (Wildman–Crippen LogP) is 3.29. The highest BCUT2D eigenvalue weighted by Gasteiger charge is 2.35. The average Bonchev–Trinajstić information content (AvgIpc) is 2.99. The molecule has 5 heteroatoms. The van der Waals surface area contributed by atoms with Gasteiger partial charge in [0.1, 0.15) is 5.82 Å². The van der Waals surface area contributed by atoms with Crippen LogP contribution in [0, 0.1) is 18.8 Å². The van der Waals surface area contributed by atoms with Crippen molar-refractivity contribution in [3.8, 4) is 11.4 Å². The van der Waals surface area contributed by atoms with Crippen molar-refractivity contribution in [1.29, 1.82) is 0 Å². The van der Waals surface area contributed by atoms with E-state index in [2.05, 4.69) is 26.4 Å². The fourth-order valence-electron chi connectivity index (χ4n) is 4.15. The van der Waals surface area contributed by atoms with Crippen LogP contribution in [0.1, 0.15) is 37.8 Å². The van der Waals surface area contributed by atoms with Crippen LogP contribution in [0.2, 0.25) is 0 Å². The monoisotopic (exact) mass is 338 g/mol. The molecule has 2 aromatic heterocycles. The third-order valence-corrected chi connectivity index (χ3v) is 5.64. The molecule has 4 rings (SSSR count). The summed E-state index contributed by atoms with van der Waals surface area (Å²) >= 11 is 0. The maximum Gasteiger partial charge on any atom is 0.225 e. The van der Waals surface area contributed by atoms with Crippen LogP contribution >= 0.6 is 0 Å². The van der Waals surface area contributed by atoms with Gasteiger partial charge in [0, 0.05) is 61.3 Å². The van der Waals surface area contributed by atoms with E-state index in [9.17, 15) is 4.79 Å². The lowest BCUT2D eigenvalue weighted by Gasteiger charge is -2.42. The molecule has 3 heterocycles. The summed E-state index contributed by atoms with van der Waals surface area (Å²) in [6.45, 7) is 4.79. The number of carbonyl (C=O) groups excluding carboxylic acids is 1. The largest absolute Gasteiger partial charge is 0.342 e. The minimum absolute atomic E-state index is 0.288. The summed E-state index contributed by atoms with van der Waals surface area (Å²) in [6, 6.07) is 3.99. The van der Waals surface area contributed by atoms with Gasteiger partial charge in [-0.05, 0) is 31.9 Å². The zero-order valence-corrected chi connectivity index (χ0v) is 14.9. The van der Waals surface area contributed by atoms with E-state index >= 15 is 0 Å². The number of rotatable bonds is 4. The summed E-state index contributed by atoms with van der Waals surface area (Å²) in [6.07, 6.45) is 11.5.